The van der Waals surface area contributed by atoms with Gasteiger partial charge in [0.25, 0.3) is 0 Å². The van der Waals surface area contributed by atoms with Crippen LogP contribution in [0.5, 0.6) is 0 Å². The number of para-hydroxylation sites is 1. The number of benzene rings is 2. The van der Waals surface area contributed by atoms with Gasteiger partial charge in [0.15, 0.2) is 0 Å². The van der Waals surface area contributed by atoms with E-state index in [-0.39, 0.29) is 0 Å². The molecule has 4 aromatic rings. The fraction of sp³-hybridized carbons (Fsp3) is 0. The predicted octanol–water partition coefficient (Wildman–Crippen LogP) is 3.26. The van der Waals surface area contributed by atoms with E-state index in [0.29, 0.717) is 0 Å². The number of aromatic nitrogens is 3. The average Bonchev–Trinajstić information content (AvgIpc) is 2.78. The van der Waals surface area contributed by atoms with Crippen LogP contribution in [0.15, 0.2) is 48.7 Å². The molecule has 0 spiro atoms. The number of H-pyrrole nitrogens is 1. The fourth-order valence-electron chi connectivity index (χ4n) is 2.34. The van der Waals surface area contributed by atoms with Gasteiger partial charge in [0, 0.05) is 22.4 Å². The maximum atomic E-state index is 4.67. The van der Waals surface area contributed by atoms with Crippen molar-refractivity contribution in [1.82, 2.24) is 15.2 Å². The molecule has 2 aromatic heterocycles. The summed E-state index contributed by atoms with van der Waals surface area (Å²) in [5, 5.41) is 10.6. The maximum Gasteiger partial charge on any atom is 0.0972 e. The molecule has 4 rings (SSSR count). The van der Waals surface area contributed by atoms with E-state index in [0.717, 1.165) is 21.9 Å². The summed E-state index contributed by atoms with van der Waals surface area (Å²) in [4.78, 5) is 4.67. The van der Waals surface area contributed by atoms with Crippen molar-refractivity contribution in [1.29, 1.82) is 0 Å². The Hall–Kier alpha value is -2.42. The van der Waals surface area contributed by atoms with Gasteiger partial charge in [0.05, 0.1) is 16.6 Å². The van der Waals surface area contributed by atoms with Crippen LogP contribution >= 0.6 is 0 Å². The van der Waals surface area contributed by atoms with Crippen molar-refractivity contribution in [2.45, 2.75) is 0 Å². The lowest BCUT2D eigenvalue weighted by Gasteiger charge is -1.97. The molecule has 2 heterocycles. The van der Waals surface area contributed by atoms with Gasteiger partial charge in [-0.05, 0) is 12.1 Å². The zero-order valence-corrected chi connectivity index (χ0v) is 9.01. The number of nitrogens with zero attached hydrogens (tertiary/aromatic N) is 2. The molecule has 0 atom stereocenters. The summed E-state index contributed by atoms with van der Waals surface area (Å²) in [5.74, 6) is 0. The molecule has 0 bridgehead atoms. The Kier molecular flexibility index (Phi) is 1.56. The summed E-state index contributed by atoms with van der Waals surface area (Å²) in [6, 6.07) is 14.4. The minimum absolute atomic E-state index is 0.997. The maximum absolute atomic E-state index is 4.67. The van der Waals surface area contributed by atoms with Gasteiger partial charge in [-0.15, -0.1) is 0 Å². The molecule has 0 aliphatic heterocycles. The van der Waals surface area contributed by atoms with Crippen molar-refractivity contribution in [2.24, 2.45) is 0 Å². The number of aromatic amines is 1. The SMILES string of the molecule is c1ccc2c(c1)nc1c2ccc2ccn[nH]c21. The van der Waals surface area contributed by atoms with Gasteiger partial charge < -0.3 is 0 Å². The lowest BCUT2D eigenvalue weighted by atomic mass is 10.1. The van der Waals surface area contributed by atoms with Crippen molar-refractivity contribution in [3.8, 4) is 0 Å². The smallest absolute Gasteiger partial charge is 0.0972 e. The summed E-state index contributed by atoms with van der Waals surface area (Å²) in [6.45, 7) is 0. The Balaban J connectivity index is 2.34. The Morgan fingerprint density at radius 2 is 1.82 bits per heavy atom. The van der Waals surface area contributed by atoms with Gasteiger partial charge in [0.1, 0.15) is 0 Å². The van der Waals surface area contributed by atoms with E-state index >= 15 is 0 Å². The largest absolute Gasteiger partial charge is 0.276 e. The van der Waals surface area contributed by atoms with Crippen molar-refractivity contribution >= 4 is 32.7 Å². The molecule has 3 heteroatoms. The third kappa shape index (κ3) is 1.11. The molecule has 0 fully saturated rings. The van der Waals surface area contributed by atoms with Crippen molar-refractivity contribution in [2.75, 3.05) is 0 Å². The van der Waals surface area contributed by atoms with Gasteiger partial charge in [-0.2, -0.15) is 5.10 Å². The molecule has 1 N–H and O–H groups in total. The van der Waals surface area contributed by atoms with Gasteiger partial charge in [-0.1, -0.05) is 30.3 Å². The zero-order valence-electron chi connectivity index (χ0n) is 9.01. The van der Waals surface area contributed by atoms with E-state index < -0.39 is 0 Å². The first-order valence-electron chi connectivity index (χ1n) is 5.54. The first-order chi connectivity index (χ1) is 8.43. The number of rotatable bonds is 0. The third-order valence-corrected chi connectivity index (χ3v) is 3.14. The highest BCUT2D eigenvalue weighted by molar-refractivity contribution is 6.15. The van der Waals surface area contributed by atoms with Crippen LogP contribution in [0.3, 0.4) is 0 Å². The molecule has 17 heavy (non-hydrogen) atoms. The predicted molar refractivity (Wildman–Crippen MR) is 68.9 cm³/mol. The minimum Gasteiger partial charge on any atom is -0.276 e. The molecule has 2 aromatic carbocycles. The second-order valence-corrected chi connectivity index (χ2v) is 4.11. The minimum atomic E-state index is 0.997. The van der Waals surface area contributed by atoms with Crippen LogP contribution in [0.2, 0.25) is 0 Å². The zero-order chi connectivity index (χ0) is 11.2. The van der Waals surface area contributed by atoms with Crippen molar-refractivity contribution in [3.05, 3.63) is 48.7 Å². The van der Waals surface area contributed by atoms with Crippen LogP contribution in [-0.2, 0) is 0 Å². The molecular weight excluding hydrogens is 210 g/mol. The highest BCUT2D eigenvalue weighted by atomic mass is 15.1. The first-order valence-corrected chi connectivity index (χ1v) is 5.54. The second kappa shape index (κ2) is 3.04. The van der Waals surface area contributed by atoms with Crippen LogP contribution < -0.4 is 0 Å². The lowest BCUT2D eigenvalue weighted by Crippen LogP contribution is -1.83. The molecule has 0 unspecified atom stereocenters. The van der Waals surface area contributed by atoms with Crippen LogP contribution in [0, 0.1) is 0 Å². The Morgan fingerprint density at radius 3 is 2.82 bits per heavy atom. The number of fused-ring (bicyclic) bond motifs is 5. The summed E-state index contributed by atoms with van der Waals surface area (Å²) in [6.07, 6.45) is 1.76. The molecule has 0 aliphatic rings. The number of nitrogens with one attached hydrogen (secondary N) is 1. The van der Waals surface area contributed by atoms with Crippen LogP contribution in [0.1, 0.15) is 0 Å². The summed E-state index contributed by atoms with van der Waals surface area (Å²) in [7, 11) is 0. The number of hydrogen-bond acceptors (Lipinski definition) is 2. The molecule has 3 nitrogen and oxygen atoms in total. The normalized spacial score (nSPS) is 11.5. The molecule has 0 saturated carbocycles. The topological polar surface area (TPSA) is 41.6 Å². The number of hydrogen-bond donors (Lipinski definition) is 1. The van der Waals surface area contributed by atoms with E-state index in [4.69, 9.17) is 0 Å². The monoisotopic (exact) mass is 219 g/mol. The van der Waals surface area contributed by atoms with Crippen molar-refractivity contribution < 1.29 is 0 Å². The summed E-state index contributed by atoms with van der Waals surface area (Å²) >= 11 is 0. The standard InChI is InChI=1S/C14H9N3/c1-2-4-12-10(3-1)11-6-5-9-7-8-15-17-13(9)14(11)16-12/h1-8,17H. The molecule has 0 saturated heterocycles. The highest BCUT2D eigenvalue weighted by Gasteiger charge is 2.08. The van der Waals surface area contributed by atoms with Crippen LogP contribution in [-0.4, -0.2) is 15.2 Å². The fourth-order valence-corrected chi connectivity index (χ4v) is 2.34. The van der Waals surface area contributed by atoms with Gasteiger partial charge in [0.2, 0.25) is 0 Å². The highest BCUT2D eigenvalue weighted by Crippen LogP contribution is 2.29. The van der Waals surface area contributed by atoms with Crippen molar-refractivity contribution in [3.63, 3.8) is 0 Å². The van der Waals surface area contributed by atoms with E-state index in [2.05, 4.69) is 33.4 Å². The Bertz CT molecular complexity index is 846. The molecule has 80 valence electrons. The summed E-state index contributed by atoms with van der Waals surface area (Å²) < 4.78 is 0. The van der Waals surface area contributed by atoms with E-state index in [1.807, 2.05) is 24.3 Å². The van der Waals surface area contributed by atoms with Gasteiger partial charge >= 0.3 is 0 Å². The molecule has 0 amide bonds. The first kappa shape index (κ1) is 8.70. The van der Waals surface area contributed by atoms with Gasteiger partial charge in [-0.3, -0.25) is 5.10 Å². The molecular formula is C14H9N3. The summed E-state index contributed by atoms with van der Waals surface area (Å²) in [5.41, 5.74) is 3.03. The van der Waals surface area contributed by atoms with Crippen LogP contribution in [0.4, 0.5) is 0 Å². The second-order valence-electron chi connectivity index (χ2n) is 4.11. The van der Waals surface area contributed by atoms with E-state index in [1.165, 1.54) is 10.8 Å². The lowest BCUT2D eigenvalue weighted by molar-refractivity contribution is 1.08. The third-order valence-electron chi connectivity index (χ3n) is 3.14. The van der Waals surface area contributed by atoms with E-state index in [9.17, 15) is 0 Å². The van der Waals surface area contributed by atoms with Gasteiger partial charge in [-0.25, -0.2) is 4.98 Å². The Labute approximate surface area is 97.1 Å². The molecule has 0 aliphatic carbocycles. The van der Waals surface area contributed by atoms with E-state index in [1.54, 1.807) is 6.20 Å². The average molecular weight is 219 g/mol. The van der Waals surface area contributed by atoms with Crippen LogP contribution in [0.25, 0.3) is 32.7 Å². The molecule has 0 radical (unpaired) electrons. The Morgan fingerprint density at radius 1 is 0.882 bits per heavy atom. The quantitative estimate of drug-likeness (QED) is 0.493.